The summed E-state index contributed by atoms with van der Waals surface area (Å²) in [5.41, 5.74) is 0. The molecule has 18 heavy (non-hydrogen) atoms. The summed E-state index contributed by atoms with van der Waals surface area (Å²) in [7, 11) is -5.75. The quantitative estimate of drug-likeness (QED) is 0.647. The lowest BCUT2D eigenvalue weighted by atomic mass is 9.90. The van der Waals surface area contributed by atoms with Crippen LogP contribution in [-0.4, -0.2) is 45.2 Å². The molecule has 108 valence electrons. The smallest absolute Gasteiger partial charge is 0.150 e. The van der Waals surface area contributed by atoms with Gasteiger partial charge >= 0.3 is 0 Å². The molecular weight excluding hydrogens is 340 g/mol. The summed E-state index contributed by atoms with van der Waals surface area (Å²) in [6, 6.07) is 0. The van der Waals surface area contributed by atoms with Gasteiger partial charge in [0.25, 0.3) is 0 Å². The van der Waals surface area contributed by atoms with Gasteiger partial charge in [-0.3, -0.25) is 0 Å². The van der Waals surface area contributed by atoms with Gasteiger partial charge in [-0.2, -0.15) is 0 Å². The van der Waals surface area contributed by atoms with Crippen LogP contribution in [0.15, 0.2) is 0 Å². The molecule has 1 rings (SSSR count). The van der Waals surface area contributed by atoms with E-state index in [-0.39, 0.29) is 34.8 Å². The third-order valence-electron chi connectivity index (χ3n) is 3.60. The Balaban J connectivity index is 2.44. The van der Waals surface area contributed by atoms with Gasteiger partial charge in [0, 0.05) is 11.1 Å². The van der Waals surface area contributed by atoms with Crippen LogP contribution >= 0.6 is 15.9 Å². The number of sulfone groups is 2. The third kappa shape index (κ3) is 5.17. The van der Waals surface area contributed by atoms with Gasteiger partial charge in [-0.1, -0.05) is 22.9 Å². The molecule has 2 atom stereocenters. The summed E-state index contributed by atoms with van der Waals surface area (Å²) < 4.78 is 45.6. The molecule has 1 aliphatic heterocycles. The highest BCUT2D eigenvalue weighted by molar-refractivity contribution is 9.09. The average molecular weight is 361 g/mol. The molecule has 0 aromatic rings. The zero-order chi connectivity index (χ0) is 13.8. The lowest BCUT2D eigenvalue weighted by molar-refractivity contribution is 0.377. The number of hydrogen-bond donors (Lipinski definition) is 0. The van der Waals surface area contributed by atoms with Crippen molar-refractivity contribution in [1.82, 2.24) is 0 Å². The molecule has 4 nitrogen and oxygen atoms in total. The highest BCUT2D eigenvalue weighted by Gasteiger charge is 2.32. The molecule has 1 heterocycles. The summed E-state index contributed by atoms with van der Waals surface area (Å²) in [4.78, 5) is 0. The van der Waals surface area contributed by atoms with Crippen molar-refractivity contribution in [3.05, 3.63) is 0 Å². The van der Waals surface area contributed by atoms with Gasteiger partial charge in [-0.25, -0.2) is 16.8 Å². The molecule has 7 heteroatoms. The van der Waals surface area contributed by atoms with Crippen molar-refractivity contribution < 1.29 is 16.8 Å². The van der Waals surface area contributed by atoms with Gasteiger partial charge in [0.2, 0.25) is 0 Å². The fourth-order valence-corrected chi connectivity index (χ4v) is 6.01. The molecule has 0 saturated carbocycles. The Morgan fingerprint density at radius 2 is 2.06 bits per heavy atom. The topological polar surface area (TPSA) is 68.3 Å². The first-order valence-electron chi connectivity index (χ1n) is 6.26. The van der Waals surface area contributed by atoms with Crippen LogP contribution < -0.4 is 0 Å². The predicted octanol–water partition coefficient (Wildman–Crippen LogP) is 1.65. The van der Waals surface area contributed by atoms with E-state index in [4.69, 9.17) is 0 Å². The second kappa shape index (κ2) is 6.70. The van der Waals surface area contributed by atoms with Crippen molar-refractivity contribution >= 4 is 35.6 Å². The Morgan fingerprint density at radius 3 is 2.50 bits per heavy atom. The fraction of sp³-hybridized carbons (Fsp3) is 1.00. The number of halogens is 1. The van der Waals surface area contributed by atoms with Gasteiger partial charge in [-0.15, -0.1) is 0 Å². The zero-order valence-corrected chi connectivity index (χ0v) is 13.9. The maximum absolute atomic E-state index is 11.4. The van der Waals surface area contributed by atoms with Gasteiger partial charge < -0.3 is 0 Å². The summed E-state index contributed by atoms with van der Waals surface area (Å²) in [5.74, 6) is 1.42. The van der Waals surface area contributed by atoms with Crippen molar-refractivity contribution in [2.45, 2.75) is 26.2 Å². The Kier molecular flexibility index (Phi) is 6.12. The number of hydrogen-bond acceptors (Lipinski definition) is 4. The third-order valence-corrected chi connectivity index (χ3v) is 8.02. The second-order valence-electron chi connectivity index (χ2n) is 4.96. The molecule has 0 aromatic carbocycles. The first kappa shape index (κ1) is 16.4. The minimum atomic E-state index is -2.90. The minimum Gasteiger partial charge on any atom is -0.229 e. The van der Waals surface area contributed by atoms with E-state index < -0.39 is 19.7 Å². The molecule has 0 N–H and O–H groups in total. The maximum atomic E-state index is 11.4. The van der Waals surface area contributed by atoms with Gasteiger partial charge in [0.15, 0.2) is 9.84 Å². The van der Waals surface area contributed by atoms with Crippen molar-refractivity contribution in [2.24, 2.45) is 11.8 Å². The van der Waals surface area contributed by atoms with Crippen LogP contribution in [0.3, 0.4) is 0 Å². The lowest BCUT2D eigenvalue weighted by Gasteiger charge is -2.19. The first-order valence-corrected chi connectivity index (χ1v) is 11.0. The van der Waals surface area contributed by atoms with Gasteiger partial charge in [0.05, 0.1) is 17.3 Å². The monoisotopic (exact) mass is 360 g/mol. The molecule has 0 aromatic heterocycles. The molecule has 0 bridgehead atoms. The minimum absolute atomic E-state index is 0.184. The summed E-state index contributed by atoms with van der Waals surface area (Å²) in [6.45, 7) is 1.65. The maximum Gasteiger partial charge on any atom is 0.150 e. The van der Waals surface area contributed by atoms with Crippen LogP contribution in [0.25, 0.3) is 0 Å². The summed E-state index contributed by atoms with van der Waals surface area (Å²) in [6.07, 6.45) is 2.13. The normalized spacial score (nSPS) is 25.1. The molecule has 0 amide bonds. The van der Waals surface area contributed by atoms with E-state index in [2.05, 4.69) is 15.9 Å². The van der Waals surface area contributed by atoms with Gasteiger partial charge in [-0.05, 0) is 31.1 Å². The molecular formula is C11H21BrO4S2. The van der Waals surface area contributed by atoms with Gasteiger partial charge in [0.1, 0.15) is 9.84 Å². The summed E-state index contributed by atoms with van der Waals surface area (Å²) >= 11 is 3.42. The number of alkyl halides is 1. The standard InChI is InChI=1S/C11H21BrO4S2/c1-2-17(13,14)6-3-4-10(8-12)11-5-7-18(15,16)9-11/h10-11H,2-9H2,1H3. The lowest BCUT2D eigenvalue weighted by Crippen LogP contribution is -2.19. The van der Waals surface area contributed by atoms with Crippen LogP contribution in [0.2, 0.25) is 0 Å². The Hall–Kier alpha value is 0.380. The average Bonchev–Trinajstić information content (AvgIpc) is 2.65. The van der Waals surface area contributed by atoms with Crippen LogP contribution in [0.4, 0.5) is 0 Å². The zero-order valence-electron chi connectivity index (χ0n) is 10.6. The molecule has 0 spiro atoms. The van der Waals surface area contributed by atoms with E-state index in [1.165, 1.54) is 0 Å². The van der Waals surface area contributed by atoms with Crippen LogP contribution in [-0.2, 0) is 19.7 Å². The SMILES string of the molecule is CCS(=O)(=O)CCCC(CBr)C1CCS(=O)(=O)C1. The largest absolute Gasteiger partial charge is 0.229 e. The highest BCUT2D eigenvalue weighted by atomic mass is 79.9. The van der Waals surface area contributed by atoms with E-state index in [0.29, 0.717) is 6.42 Å². The number of rotatable bonds is 7. The molecule has 2 unspecified atom stereocenters. The van der Waals surface area contributed by atoms with Crippen LogP contribution in [0.5, 0.6) is 0 Å². The van der Waals surface area contributed by atoms with Crippen LogP contribution in [0, 0.1) is 11.8 Å². The van der Waals surface area contributed by atoms with Crippen molar-refractivity contribution in [2.75, 3.05) is 28.3 Å². The Labute approximate surface area is 119 Å². The van der Waals surface area contributed by atoms with Crippen molar-refractivity contribution in [1.29, 1.82) is 0 Å². The second-order valence-corrected chi connectivity index (χ2v) is 10.3. The van der Waals surface area contributed by atoms with Crippen molar-refractivity contribution in [3.63, 3.8) is 0 Å². The van der Waals surface area contributed by atoms with E-state index >= 15 is 0 Å². The fourth-order valence-electron chi connectivity index (χ4n) is 2.34. The Bertz CT molecular complexity index is 455. The highest BCUT2D eigenvalue weighted by Crippen LogP contribution is 2.30. The summed E-state index contributed by atoms with van der Waals surface area (Å²) in [5, 5.41) is 0.749. The molecule has 1 aliphatic rings. The van der Waals surface area contributed by atoms with Crippen LogP contribution in [0.1, 0.15) is 26.2 Å². The van der Waals surface area contributed by atoms with Crippen molar-refractivity contribution in [3.8, 4) is 0 Å². The first-order chi connectivity index (χ1) is 8.29. The molecule has 1 fully saturated rings. The van der Waals surface area contributed by atoms with E-state index in [9.17, 15) is 16.8 Å². The molecule has 0 radical (unpaired) electrons. The predicted molar refractivity (Wildman–Crippen MR) is 77.6 cm³/mol. The molecule has 0 aliphatic carbocycles. The van der Waals surface area contributed by atoms with E-state index in [0.717, 1.165) is 18.2 Å². The molecule has 1 saturated heterocycles. The van der Waals surface area contributed by atoms with E-state index in [1.54, 1.807) is 6.92 Å². The van der Waals surface area contributed by atoms with E-state index in [1.807, 2.05) is 0 Å². The Morgan fingerprint density at radius 1 is 1.39 bits per heavy atom.